The van der Waals surface area contributed by atoms with Crippen LogP contribution < -0.4 is 0 Å². The molecular formula is C16H17F4NO2. The summed E-state index contributed by atoms with van der Waals surface area (Å²) in [5.74, 6) is -1.32. The fraction of sp³-hybridized carbons (Fsp3) is 0.500. The van der Waals surface area contributed by atoms with Crippen LogP contribution in [-0.4, -0.2) is 29.4 Å². The molecule has 2 aliphatic rings. The lowest BCUT2D eigenvalue weighted by Crippen LogP contribution is -2.28. The predicted molar refractivity (Wildman–Crippen MR) is 75.5 cm³/mol. The lowest BCUT2D eigenvalue weighted by atomic mass is 10.0. The van der Waals surface area contributed by atoms with Crippen molar-refractivity contribution in [2.24, 2.45) is 0 Å². The van der Waals surface area contributed by atoms with Crippen molar-refractivity contribution in [2.75, 3.05) is 13.2 Å². The van der Waals surface area contributed by atoms with E-state index in [1.807, 2.05) is 0 Å². The van der Waals surface area contributed by atoms with Gasteiger partial charge in [0.15, 0.2) is 0 Å². The van der Waals surface area contributed by atoms with Crippen molar-refractivity contribution in [3.8, 4) is 0 Å². The summed E-state index contributed by atoms with van der Waals surface area (Å²) >= 11 is 0. The average molecular weight is 331 g/mol. The van der Waals surface area contributed by atoms with Crippen molar-refractivity contribution in [3.63, 3.8) is 0 Å². The Balaban J connectivity index is 1.98. The number of hydrogen-bond donors (Lipinski definition) is 1. The van der Waals surface area contributed by atoms with Crippen molar-refractivity contribution in [1.82, 2.24) is 5.06 Å². The lowest BCUT2D eigenvalue weighted by molar-refractivity contribution is -0.140. The minimum absolute atomic E-state index is 0.111. The largest absolute Gasteiger partial charge is 0.419 e. The van der Waals surface area contributed by atoms with Crippen LogP contribution in [0, 0.1) is 5.82 Å². The van der Waals surface area contributed by atoms with E-state index in [4.69, 9.17) is 4.84 Å². The monoisotopic (exact) mass is 331 g/mol. The van der Waals surface area contributed by atoms with E-state index in [0.29, 0.717) is 16.8 Å². The first-order chi connectivity index (χ1) is 10.9. The summed E-state index contributed by atoms with van der Waals surface area (Å²) in [6.45, 7) is -0.105. The molecule has 3 rings (SSSR count). The third-order valence-electron chi connectivity index (χ3n) is 4.33. The Bertz CT molecular complexity index is 621. The molecule has 1 aliphatic heterocycles. The smallest absolute Gasteiger partial charge is 0.392 e. The Morgan fingerprint density at radius 3 is 2.48 bits per heavy atom. The number of benzene rings is 1. The maximum atomic E-state index is 13.9. The second-order valence-electron chi connectivity index (χ2n) is 5.84. The molecular weight excluding hydrogens is 314 g/mol. The van der Waals surface area contributed by atoms with Crippen LogP contribution in [0.2, 0.25) is 0 Å². The Kier molecular flexibility index (Phi) is 4.33. The zero-order chi connectivity index (χ0) is 16.6. The number of nitrogens with zero attached hydrogens (tertiary/aromatic N) is 1. The van der Waals surface area contributed by atoms with Crippen LogP contribution in [0.5, 0.6) is 0 Å². The normalized spacial score (nSPS) is 20.0. The molecule has 0 atom stereocenters. The van der Waals surface area contributed by atoms with Crippen molar-refractivity contribution in [3.05, 3.63) is 40.7 Å². The third-order valence-corrected chi connectivity index (χ3v) is 4.33. The highest BCUT2D eigenvalue weighted by atomic mass is 19.4. The number of rotatable bonds is 3. The van der Waals surface area contributed by atoms with Gasteiger partial charge in [0.2, 0.25) is 0 Å². The number of aliphatic hydroxyl groups excluding tert-OH is 1. The zero-order valence-corrected chi connectivity index (χ0v) is 12.4. The second-order valence-corrected chi connectivity index (χ2v) is 5.84. The average Bonchev–Trinajstić information content (AvgIpc) is 3.14. The van der Waals surface area contributed by atoms with Gasteiger partial charge in [-0.15, -0.1) is 0 Å². The molecule has 1 saturated carbocycles. The molecule has 0 unspecified atom stereocenters. The fourth-order valence-corrected chi connectivity index (χ4v) is 3.21. The van der Waals surface area contributed by atoms with Crippen LogP contribution in [0.3, 0.4) is 0 Å². The maximum Gasteiger partial charge on any atom is 0.419 e. The van der Waals surface area contributed by atoms with Crippen LogP contribution in [0.4, 0.5) is 17.6 Å². The van der Waals surface area contributed by atoms with E-state index < -0.39 is 17.6 Å². The maximum absolute atomic E-state index is 13.9. The first-order valence-corrected chi connectivity index (χ1v) is 7.54. The summed E-state index contributed by atoms with van der Waals surface area (Å²) in [5, 5.41) is 11.1. The van der Waals surface area contributed by atoms with E-state index in [9.17, 15) is 22.7 Å². The van der Waals surface area contributed by atoms with E-state index in [1.165, 1.54) is 6.07 Å². The van der Waals surface area contributed by atoms with Crippen LogP contribution in [0.1, 0.15) is 36.8 Å². The van der Waals surface area contributed by atoms with Crippen LogP contribution >= 0.6 is 0 Å². The second kappa shape index (κ2) is 6.13. The van der Waals surface area contributed by atoms with E-state index in [-0.39, 0.29) is 19.3 Å². The van der Waals surface area contributed by atoms with Gasteiger partial charge in [-0.05, 0) is 25.0 Å². The van der Waals surface area contributed by atoms with E-state index >= 15 is 0 Å². The van der Waals surface area contributed by atoms with Crippen molar-refractivity contribution < 1.29 is 27.5 Å². The van der Waals surface area contributed by atoms with E-state index in [2.05, 4.69) is 0 Å². The molecule has 23 heavy (non-hydrogen) atoms. The number of halogens is 4. The Labute approximate surface area is 131 Å². The molecule has 0 spiro atoms. The van der Waals surface area contributed by atoms with Crippen molar-refractivity contribution in [1.29, 1.82) is 0 Å². The molecule has 1 aromatic carbocycles. The molecule has 126 valence electrons. The molecule has 0 radical (unpaired) electrons. The minimum Gasteiger partial charge on any atom is -0.392 e. The molecule has 0 aromatic heterocycles. The minimum atomic E-state index is -4.73. The van der Waals surface area contributed by atoms with Gasteiger partial charge in [0, 0.05) is 11.1 Å². The highest BCUT2D eigenvalue weighted by molar-refractivity contribution is 5.69. The summed E-state index contributed by atoms with van der Waals surface area (Å²) in [5.41, 5.74) is 0.0470. The number of hydroxylamine groups is 2. The topological polar surface area (TPSA) is 32.7 Å². The molecule has 0 amide bonds. The Morgan fingerprint density at radius 2 is 1.91 bits per heavy atom. The zero-order valence-electron chi connectivity index (χ0n) is 12.4. The lowest BCUT2D eigenvalue weighted by Gasteiger charge is -2.27. The van der Waals surface area contributed by atoms with Gasteiger partial charge in [0.05, 0.1) is 23.9 Å². The van der Waals surface area contributed by atoms with Crippen molar-refractivity contribution >= 4 is 5.70 Å². The molecule has 1 fully saturated rings. The third kappa shape index (κ3) is 3.07. The fourth-order valence-electron chi connectivity index (χ4n) is 3.21. The molecule has 3 nitrogen and oxygen atoms in total. The summed E-state index contributed by atoms with van der Waals surface area (Å²) in [6, 6.07) is 2.94. The first-order valence-electron chi connectivity index (χ1n) is 7.54. The Hall–Kier alpha value is -1.60. The molecule has 7 heteroatoms. The van der Waals surface area contributed by atoms with Crippen LogP contribution in [0.15, 0.2) is 23.8 Å². The van der Waals surface area contributed by atoms with Gasteiger partial charge in [-0.3, -0.25) is 9.90 Å². The van der Waals surface area contributed by atoms with Crippen LogP contribution in [0.25, 0.3) is 5.70 Å². The summed E-state index contributed by atoms with van der Waals surface area (Å²) in [7, 11) is 0. The van der Waals surface area contributed by atoms with Gasteiger partial charge in [-0.2, -0.15) is 13.2 Å². The summed E-state index contributed by atoms with van der Waals surface area (Å²) in [4.78, 5) is 5.60. The van der Waals surface area contributed by atoms with Crippen molar-refractivity contribution in [2.45, 2.75) is 37.9 Å². The van der Waals surface area contributed by atoms with Gasteiger partial charge in [-0.25, -0.2) is 4.39 Å². The van der Waals surface area contributed by atoms with E-state index in [0.717, 1.165) is 37.8 Å². The van der Waals surface area contributed by atoms with Crippen LogP contribution in [-0.2, 0) is 11.0 Å². The van der Waals surface area contributed by atoms with Gasteiger partial charge < -0.3 is 5.11 Å². The Morgan fingerprint density at radius 1 is 1.22 bits per heavy atom. The first kappa shape index (κ1) is 16.3. The molecule has 1 aliphatic carbocycles. The van der Waals surface area contributed by atoms with E-state index in [1.54, 1.807) is 5.06 Å². The highest BCUT2D eigenvalue weighted by Crippen LogP contribution is 2.38. The van der Waals surface area contributed by atoms with Gasteiger partial charge in [0.1, 0.15) is 12.4 Å². The standard InChI is InChI=1S/C16H17F4NO2/c17-14-7-10(5-6-13(14)16(18,19)20)15-11(8-22)9-23-21(15)12-3-1-2-4-12/h5-7,12,22H,1-4,8-9H2. The summed E-state index contributed by atoms with van der Waals surface area (Å²) in [6.07, 6.45) is -0.813. The number of alkyl halides is 3. The molecule has 1 heterocycles. The highest BCUT2D eigenvalue weighted by Gasteiger charge is 2.36. The van der Waals surface area contributed by atoms with Gasteiger partial charge in [-0.1, -0.05) is 18.9 Å². The summed E-state index contributed by atoms with van der Waals surface area (Å²) < 4.78 is 52.0. The number of aliphatic hydroxyl groups is 1. The molecule has 1 aromatic rings. The quantitative estimate of drug-likeness (QED) is 0.857. The number of hydrogen-bond acceptors (Lipinski definition) is 3. The molecule has 0 bridgehead atoms. The van der Waals surface area contributed by atoms with Gasteiger partial charge >= 0.3 is 6.18 Å². The predicted octanol–water partition coefficient (Wildman–Crippen LogP) is 3.74. The SMILES string of the molecule is OCC1=C(c2ccc(C(F)(F)F)c(F)c2)N(C2CCCC2)OC1. The molecule has 0 saturated heterocycles. The molecule has 1 N–H and O–H groups in total. The van der Waals surface area contributed by atoms with Gasteiger partial charge in [0.25, 0.3) is 0 Å².